The van der Waals surface area contributed by atoms with Gasteiger partial charge in [0.25, 0.3) is 5.91 Å². The minimum absolute atomic E-state index is 0.0144. The van der Waals surface area contributed by atoms with Gasteiger partial charge in [0.05, 0.1) is 27.8 Å². The summed E-state index contributed by atoms with van der Waals surface area (Å²) in [7, 11) is 1.31. The lowest BCUT2D eigenvalue weighted by atomic mass is 10.1. The maximum Gasteiger partial charge on any atom is 0.311 e. The number of nitrogens with zero attached hydrogens (tertiary/aromatic N) is 2. The van der Waals surface area contributed by atoms with Gasteiger partial charge in [-0.3, -0.25) is 20.2 Å². The maximum atomic E-state index is 12.5. The smallest absolute Gasteiger partial charge is 0.311 e. The molecular formula is C22H16N4O5S2. The van der Waals surface area contributed by atoms with Crippen LogP contribution in [0.15, 0.2) is 60.7 Å². The van der Waals surface area contributed by atoms with Crippen molar-refractivity contribution in [2.24, 2.45) is 0 Å². The van der Waals surface area contributed by atoms with Crippen LogP contribution in [0.1, 0.15) is 10.4 Å². The second-order valence-electron chi connectivity index (χ2n) is 6.77. The third-order valence-electron chi connectivity index (χ3n) is 4.64. The van der Waals surface area contributed by atoms with Gasteiger partial charge in [-0.25, -0.2) is 4.98 Å². The predicted molar refractivity (Wildman–Crippen MR) is 130 cm³/mol. The van der Waals surface area contributed by atoms with Gasteiger partial charge in [-0.05, 0) is 54.7 Å². The number of aromatic hydroxyl groups is 1. The zero-order valence-corrected chi connectivity index (χ0v) is 18.7. The Labute approximate surface area is 196 Å². The first kappa shape index (κ1) is 22.1. The summed E-state index contributed by atoms with van der Waals surface area (Å²) in [5.41, 5.74) is 1.58. The molecule has 33 heavy (non-hydrogen) atoms. The van der Waals surface area contributed by atoms with Crippen LogP contribution in [0.3, 0.4) is 0 Å². The standard InChI is InChI=1S/C22H16N4O5S2/c1-31-18-9-6-12(10-16(18)26(29)30)20(28)25-22(32)23-13-7-8-17(27)14(11-13)21-24-15-4-2-3-5-19(15)33-21/h2-11,27H,1H3,(H2,23,25,28,32). The second-order valence-corrected chi connectivity index (χ2v) is 8.21. The number of carbonyl (C=O) groups is 1. The van der Waals surface area contributed by atoms with Crippen molar-refractivity contribution in [1.82, 2.24) is 10.3 Å². The number of nitro groups is 1. The fraction of sp³-hybridized carbons (Fsp3) is 0.0455. The first-order valence-corrected chi connectivity index (χ1v) is 10.7. The van der Waals surface area contributed by atoms with Crippen molar-refractivity contribution in [1.29, 1.82) is 0 Å². The number of aromatic nitrogens is 1. The van der Waals surface area contributed by atoms with E-state index in [1.165, 1.54) is 36.6 Å². The van der Waals surface area contributed by atoms with Gasteiger partial charge in [-0.2, -0.15) is 0 Å². The van der Waals surface area contributed by atoms with E-state index in [0.717, 1.165) is 16.3 Å². The van der Waals surface area contributed by atoms with Gasteiger partial charge in [0.1, 0.15) is 10.8 Å². The largest absolute Gasteiger partial charge is 0.507 e. The minimum atomic E-state index is -0.633. The Bertz CT molecular complexity index is 1370. The number of methoxy groups -OCH3 is 1. The first-order chi connectivity index (χ1) is 15.9. The van der Waals surface area contributed by atoms with Crippen LogP contribution in [0, 0.1) is 10.1 Å². The molecule has 166 valence electrons. The molecule has 4 rings (SSSR count). The highest BCUT2D eigenvalue weighted by molar-refractivity contribution is 7.80. The number of para-hydroxylation sites is 1. The SMILES string of the molecule is COc1ccc(C(=O)NC(=S)Nc2ccc(O)c(-c3nc4ccccc4s3)c2)cc1[N+](=O)[O-]. The lowest BCUT2D eigenvalue weighted by molar-refractivity contribution is -0.385. The number of thiocarbonyl (C=S) groups is 1. The number of phenols is 1. The number of hydrogen-bond acceptors (Lipinski definition) is 8. The fourth-order valence-corrected chi connectivity index (χ4v) is 4.29. The molecule has 9 nitrogen and oxygen atoms in total. The molecule has 3 aromatic carbocycles. The quantitative estimate of drug-likeness (QED) is 0.162. The molecule has 0 saturated carbocycles. The summed E-state index contributed by atoms with van der Waals surface area (Å²) in [6, 6.07) is 16.3. The number of amides is 1. The van der Waals surface area contributed by atoms with Gasteiger partial charge in [0.15, 0.2) is 10.9 Å². The van der Waals surface area contributed by atoms with E-state index in [4.69, 9.17) is 17.0 Å². The van der Waals surface area contributed by atoms with Crippen LogP contribution in [0.5, 0.6) is 11.5 Å². The van der Waals surface area contributed by atoms with Crippen LogP contribution in [0.2, 0.25) is 0 Å². The number of rotatable bonds is 5. The Kier molecular flexibility index (Phi) is 6.16. The van der Waals surface area contributed by atoms with E-state index in [-0.39, 0.29) is 27.9 Å². The van der Waals surface area contributed by atoms with Gasteiger partial charge in [-0.1, -0.05) is 12.1 Å². The van der Waals surface area contributed by atoms with Crippen LogP contribution in [-0.4, -0.2) is 33.1 Å². The van der Waals surface area contributed by atoms with E-state index in [1.807, 2.05) is 24.3 Å². The number of anilines is 1. The number of fused-ring (bicyclic) bond motifs is 1. The molecule has 0 aliphatic rings. The zero-order valence-electron chi connectivity index (χ0n) is 17.1. The van der Waals surface area contributed by atoms with Gasteiger partial charge in [0, 0.05) is 17.3 Å². The number of hydrogen-bond donors (Lipinski definition) is 3. The summed E-state index contributed by atoms with van der Waals surface area (Å²) in [4.78, 5) is 27.6. The van der Waals surface area contributed by atoms with Crippen LogP contribution in [-0.2, 0) is 0 Å². The van der Waals surface area contributed by atoms with E-state index in [1.54, 1.807) is 12.1 Å². The van der Waals surface area contributed by atoms with E-state index in [9.17, 15) is 20.0 Å². The van der Waals surface area contributed by atoms with Crippen LogP contribution in [0.4, 0.5) is 11.4 Å². The second kappa shape index (κ2) is 9.18. The van der Waals surface area contributed by atoms with E-state index >= 15 is 0 Å². The third-order valence-corrected chi connectivity index (χ3v) is 5.92. The Hall–Kier alpha value is -4.09. The Morgan fingerprint density at radius 2 is 1.97 bits per heavy atom. The van der Waals surface area contributed by atoms with Crippen molar-refractivity contribution in [3.05, 3.63) is 76.3 Å². The van der Waals surface area contributed by atoms with Gasteiger partial charge in [0.2, 0.25) is 0 Å². The number of ether oxygens (including phenoxy) is 1. The molecule has 1 aromatic heterocycles. The maximum absolute atomic E-state index is 12.5. The molecule has 0 bridgehead atoms. The van der Waals surface area contributed by atoms with Crippen molar-refractivity contribution in [3.63, 3.8) is 0 Å². The lowest BCUT2D eigenvalue weighted by Gasteiger charge is -2.11. The fourth-order valence-electron chi connectivity index (χ4n) is 3.08. The van der Waals surface area contributed by atoms with Crippen LogP contribution >= 0.6 is 23.6 Å². The van der Waals surface area contributed by atoms with E-state index < -0.39 is 10.8 Å². The molecule has 0 atom stereocenters. The summed E-state index contributed by atoms with van der Waals surface area (Å²) in [6.07, 6.45) is 0. The molecule has 0 spiro atoms. The number of nitro benzene ring substituents is 1. The number of carbonyl (C=O) groups excluding carboxylic acids is 1. The summed E-state index contributed by atoms with van der Waals surface area (Å²) in [5.74, 6) is -0.521. The molecule has 0 unspecified atom stereocenters. The Balaban J connectivity index is 1.51. The lowest BCUT2D eigenvalue weighted by Crippen LogP contribution is -2.34. The summed E-state index contributed by atoms with van der Waals surface area (Å²) >= 11 is 6.65. The van der Waals surface area contributed by atoms with Crippen molar-refractivity contribution in [2.45, 2.75) is 0 Å². The Morgan fingerprint density at radius 3 is 2.70 bits per heavy atom. The highest BCUT2D eigenvalue weighted by atomic mass is 32.1. The molecule has 1 heterocycles. The minimum Gasteiger partial charge on any atom is -0.507 e. The molecule has 0 radical (unpaired) electrons. The summed E-state index contributed by atoms with van der Waals surface area (Å²) in [5, 5.41) is 27.5. The summed E-state index contributed by atoms with van der Waals surface area (Å²) in [6.45, 7) is 0. The predicted octanol–water partition coefficient (Wildman–Crippen LogP) is 4.71. The molecule has 0 saturated heterocycles. The molecule has 1 amide bonds. The number of benzene rings is 3. The summed E-state index contributed by atoms with van der Waals surface area (Å²) < 4.78 is 5.93. The molecule has 3 N–H and O–H groups in total. The van der Waals surface area contributed by atoms with Gasteiger partial charge >= 0.3 is 5.69 Å². The van der Waals surface area contributed by atoms with Gasteiger partial charge in [-0.15, -0.1) is 11.3 Å². The Morgan fingerprint density at radius 1 is 1.18 bits per heavy atom. The van der Waals surface area contributed by atoms with Crippen molar-refractivity contribution in [3.8, 4) is 22.1 Å². The number of phenolic OH excluding ortho intramolecular Hbond substituents is 1. The molecular weight excluding hydrogens is 464 g/mol. The first-order valence-electron chi connectivity index (χ1n) is 9.49. The molecule has 0 fully saturated rings. The average molecular weight is 481 g/mol. The van der Waals surface area contributed by atoms with E-state index in [2.05, 4.69) is 15.6 Å². The molecule has 4 aromatic rings. The van der Waals surface area contributed by atoms with Crippen LogP contribution < -0.4 is 15.4 Å². The van der Waals surface area contributed by atoms with Crippen LogP contribution in [0.25, 0.3) is 20.8 Å². The number of nitrogens with one attached hydrogen (secondary N) is 2. The van der Waals surface area contributed by atoms with Crippen molar-refractivity contribution in [2.75, 3.05) is 12.4 Å². The van der Waals surface area contributed by atoms with Crippen molar-refractivity contribution >= 4 is 56.2 Å². The zero-order chi connectivity index (χ0) is 23.5. The highest BCUT2D eigenvalue weighted by Gasteiger charge is 2.19. The molecule has 0 aliphatic heterocycles. The topological polar surface area (TPSA) is 127 Å². The monoisotopic (exact) mass is 480 g/mol. The normalized spacial score (nSPS) is 10.6. The third kappa shape index (κ3) is 4.73. The van der Waals surface area contributed by atoms with Crippen molar-refractivity contribution < 1.29 is 19.6 Å². The highest BCUT2D eigenvalue weighted by Crippen LogP contribution is 2.36. The van der Waals surface area contributed by atoms with Gasteiger partial charge < -0.3 is 15.2 Å². The average Bonchev–Trinajstić information content (AvgIpc) is 3.23. The molecule has 0 aliphatic carbocycles. The van der Waals surface area contributed by atoms with E-state index in [0.29, 0.717) is 16.3 Å². The number of thiazole rings is 1. The molecule has 11 heteroatoms.